The van der Waals surface area contributed by atoms with Gasteiger partial charge in [-0.25, -0.2) is 4.79 Å². The van der Waals surface area contributed by atoms with E-state index in [4.69, 9.17) is 52.1 Å². The molecule has 0 saturated carbocycles. The highest BCUT2D eigenvalue weighted by Crippen LogP contribution is 2.36. The van der Waals surface area contributed by atoms with Crippen LogP contribution in [0, 0.1) is 0 Å². The zero-order valence-corrected chi connectivity index (χ0v) is 44.3. The van der Waals surface area contributed by atoms with Crippen molar-refractivity contribution in [3.8, 4) is 0 Å². The molecular formula is C65H71NO13. The Bertz CT molecular complexity index is 2750. The van der Waals surface area contributed by atoms with Crippen LogP contribution in [0.5, 0.6) is 0 Å². The molecule has 7 aromatic carbocycles. The van der Waals surface area contributed by atoms with Crippen molar-refractivity contribution in [2.24, 2.45) is 0 Å². The number of aliphatic hydroxyl groups excluding tert-OH is 1. The molecule has 0 unspecified atom stereocenters. The summed E-state index contributed by atoms with van der Waals surface area (Å²) in [5.41, 5.74) is 6.46. The Morgan fingerprint density at radius 1 is 0.392 bits per heavy atom. The van der Waals surface area contributed by atoms with Gasteiger partial charge in [0.25, 0.3) is 0 Å². The normalized spacial score (nSPS) is 22.9. The summed E-state index contributed by atoms with van der Waals surface area (Å²) < 4.78 is 74.0. The number of carbonyl (C=O) groups is 1. The largest absolute Gasteiger partial charge is 0.445 e. The van der Waals surface area contributed by atoms with Crippen LogP contribution < -0.4 is 5.32 Å². The van der Waals surface area contributed by atoms with E-state index in [2.05, 4.69) is 5.32 Å². The molecular weight excluding hydrogens is 1000 g/mol. The first-order valence-corrected chi connectivity index (χ1v) is 27.1. The summed E-state index contributed by atoms with van der Waals surface area (Å²) in [7, 11) is 0. The van der Waals surface area contributed by atoms with Crippen molar-refractivity contribution in [1.29, 1.82) is 0 Å². The molecule has 7 aromatic rings. The number of ether oxygens (including phenoxy) is 11. The quantitative estimate of drug-likeness (QED) is 0.0429. The van der Waals surface area contributed by atoms with Crippen LogP contribution >= 0.6 is 0 Å². The minimum Gasteiger partial charge on any atom is -0.445 e. The monoisotopic (exact) mass is 1070 g/mol. The van der Waals surface area contributed by atoms with Gasteiger partial charge in [-0.15, -0.1) is 0 Å². The molecule has 79 heavy (non-hydrogen) atoms. The molecule has 14 nitrogen and oxygen atoms in total. The Kier molecular flexibility index (Phi) is 22.6. The predicted molar refractivity (Wildman–Crippen MR) is 296 cm³/mol. The van der Waals surface area contributed by atoms with Gasteiger partial charge in [0.1, 0.15) is 55.4 Å². The molecule has 2 N–H and O–H groups in total. The second-order valence-electron chi connectivity index (χ2n) is 19.4. The number of hydrogen-bond acceptors (Lipinski definition) is 13. The first-order valence-electron chi connectivity index (χ1n) is 27.1. The Balaban J connectivity index is 1.04. The van der Waals surface area contributed by atoms with E-state index in [0.29, 0.717) is 6.42 Å². The van der Waals surface area contributed by atoms with Crippen LogP contribution in [-0.2, 0) is 98.4 Å². The average molecular weight is 1070 g/mol. The first-order chi connectivity index (χ1) is 39.0. The van der Waals surface area contributed by atoms with Crippen LogP contribution in [0.4, 0.5) is 4.79 Å². The maximum absolute atomic E-state index is 12.7. The van der Waals surface area contributed by atoms with Crippen molar-refractivity contribution >= 4 is 6.09 Å². The highest BCUT2D eigenvalue weighted by Gasteiger charge is 2.54. The number of alkyl carbamates (subject to hydrolysis) is 1. The lowest BCUT2D eigenvalue weighted by atomic mass is 9.96. The summed E-state index contributed by atoms with van der Waals surface area (Å²) in [5, 5.41) is 15.2. The second kappa shape index (κ2) is 31.2. The fourth-order valence-electron chi connectivity index (χ4n) is 9.37. The molecule has 2 aliphatic heterocycles. The van der Waals surface area contributed by atoms with Crippen LogP contribution in [0.15, 0.2) is 212 Å². The van der Waals surface area contributed by atoms with Gasteiger partial charge >= 0.3 is 6.09 Å². The third-order valence-corrected chi connectivity index (χ3v) is 13.5. The molecule has 14 heteroatoms. The van der Waals surface area contributed by atoms with E-state index in [1.165, 1.54) is 0 Å². The maximum atomic E-state index is 12.7. The summed E-state index contributed by atoms with van der Waals surface area (Å²) in [5.74, 6) is 0. The van der Waals surface area contributed by atoms with Gasteiger partial charge in [0.15, 0.2) is 12.6 Å². The fraction of sp³-hybridized carbons (Fsp3) is 0.338. The van der Waals surface area contributed by atoms with Gasteiger partial charge in [-0.1, -0.05) is 212 Å². The van der Waals surface area contributed by atoms with Crippen LogP contribution in [-0.4, -0.2) is 99.0 Å². The third kappa shape index (κ3) is 17.9. The van der Waals surface area contributed by atoms with Crippen molar-refractivity contribution in [2.75, 3.05) is 26.4 Å². The summed E-state index contributed by atoms with van der Waals surface area (Å²) in [6.45, 7) is 1.88. The molecule has 2 heterocycles. The molecule has 1 amide bonds. The first kappa shape index (κ1) is 57.1. The number of hydrogen-bond donors (Lipinski definition) is 2. The average Bonchev–Trinajstić information content (AvgIpc) is 3.60. The number of carbonyl (C=O) groups excluding carboxylic acids is 1. The van der Waals surface area contributed by atoms with E-state index >= 15 is 0 Å². The zero-order chi connectivity index (χ0) is 54.1. The molecule has 0 aliphatic carbocycles. The minimum absolute atomic E-state index is 0.00354. The van der Waals surface area contributed by atoms with E-state index in [9.17, 15) is 9.90 Å². The van der Waals surface area contributed by atoms with Crippen molar-refractivity contribution < 1.29 is 62.0 Å². The molecule has 0 radical (unpaired) electrons. The lowest BCUT2D eigenvalue weighted by molar-refractivity contribution is -0.375. The van der Waals surface area contributed by atoms with Gasteiger partial charge < -0.3 is 62.5 Å². The summed E-state index contributed by atoms with van der Waals surface area (Å²) in [6.07, 6.45) is -10.1. The summed E-state index contributed by atoms with van der Waals surface area (Å²) >= 11 is 0. The lowest BCUT2D eigenvalue weighted by Gasteiger charge is -2.49. The van der Waals surface area contributed by atoms with E-state index < -0.39 is 67.5 Å². The highest BCUT2D eigenvalue weighted by atomic mass is 16.8. The van der Waals surface area contributed by atoms with Gasteiger partial charge in [-0.3, -0.25) is 0 Å². The van der Waals surface area contributed by atoms with Crippen molar-refractivity contribution in [1.82, 2.24) is 5.32 Å². The Labute approximate surface area is 463 Å². The van der Waals surface area contributed by atoms with Crippen LogP contribution in [0.25, 0.3) is 0 Å². The van der Waals surface area contributed by atoms with Crippen LogP contribution in [0.2, 0.25) is 0 Å². The van der Waals surface area contributed by atoms with Crippen molar-refractivity contribution in [3.63, 3.8) is 0 Å². The molecule has 0 aromatic heterocycles. The molecule has 0 spiro atoms. The van der Waals surface area contributed by atoms with E-state index in [-0.39, 0.29) is 72.6 Å². The van der Waals surface area contributed by atoms with Gasteiger partial charge in [0.05, 0.1) is 59.5 Å². The van der Waals surface area contributed by atoms with Gasteiger partial charge in [0, 0.05) is 6.54 Å². The molecule has 2 aliphatic rings. The zero-order valence-electron chi connectivity index (χ0n) is 44.3. The number of aliphatic hydroxyl groups is 1. The summed E-state index contributed by atoms with van der Waals surface area (Å²) in [4.78, 5) is 12.7. The van der Waals surface area contributed by atoms with Gasteiger partial charge in [-0.05, 0) is 45.4 Å². The summed E-state index contributed by atoms with van der Waals surface area (Å²) in [6, 6.07) is 68.5. The van der Waals surface area contributed by atoms with Gasteiger partial charge in [-0.2, -0.15) is 0 Å². The van der Waals surface area contributed by atoms with E-state index in [0.717, 1.165) is 38.9 Å². The van der Waals surface area contributed by atoms with E-state index in [1.54, 1.807) is 0 Å². The SMILES string of the molecule is O=C(NCCCO[C@@H]1O[C@H](COCc2ccccc2)[C@@H](O[C@@H]2O[C@H](COCc3ccccc3)[C@H](O)[C@H](OCc3ccccc3)[C@H]2OCc2ccccc2)[C@H](OCc2ccccc2)[C@H]1OCc1ccccc1)OCc1ccccc1. The number of nitrogens with one attached hydrogen (secondary N) is 1. The maximum Gasteiger partial charge on any atom is 0.407 e. The second-order valence-corrected chi connectivity index (χ2v) is 19.4. The third-order valence-electron chi connectivity index (χ3n) is 13.5. The fourth-order valence-corrected chi connectivity index (χ4v) is 9.37. The van der Waals surface area contributed by atoms with Gasteiger partial charge in [0.2, 0.25) is 0 Å². The Morgan fingerprint density at radius 3 is 1.19 bits per heavy atom. The molecule has 414 valence electrons. The molecule has 2 fully saturated rings. The van der Waals surface area contributed by atoms with Crippen molar-refractivity contribution in [3.05, 3.63) is 251 Å². The van der Waals surface area contributed by atoms with Crippen LogP contribution in [0.3, 0.4) is 0 Å². The topological polar surface area (TPSA) is 151 Å². The molecule has 0 bridgehead atoms. The predicted octanol–water partition coefficient (Wildman–Crippen LogP) is 10.3. The standard InChI is InChI=1S/C65H71NO13/c67-57-55(46-69-39-48-23-8-1-9-24-48)77-64(61(74-43-52-31-16-5-17-32-52)59(57)72-41-50-27-12-3-13-28-50)79-58-56(47-70-40-49-25-10-2-11-26-49)78-63(71-38-22-37-66-65(68)76-45-54-35-20-7-21-36-54)62(75-44-53-33-18-6-19-34-53)60(58)73-42-51-29-14-4-15-30-51/h1-21,23-36,55-64,67H,22,37-47H2,(H,66,68)/t55-,56-,57+,58-,59+,60+,61-,62-,63-,64+/m1/s1. The number of benzene rings is 7. The van der Waals surface area contributed by atoms with Crippen molar-refractivity contribution in [2.45, 2.75) is 114 Å². The van der Waals surface area contributed by atoms with E-state index in [1.807, 2.05) is 212 Å². The number of amides is 1. The molecule has 2 saturated heterocycles. The van der Waals surface area contributed by atoms with Crippen LogP contribution in [0.1, 0.15) is 45.4 Å². The molecule has 10 atom stereocenters. The number of rotatable bonds is 29. The molecule has 9 rings (SSSR count). The minimum atomic E-state index is -1.21. The highest BCUT2D eigenvalue weighted by molar-refractivity contribution is 5.67. The Hall–Kier alpha value is -6.63. The smallest absolute Gasteiger partial charge is 0.407 e. The lowest BCUT2D eigenvalue weighted by Crippen LogP contribution is -2.66. The Morgan fingerprint density at radius 2 is 0.747 bits per heavy atom.